The van der Waals surface area contributed by atoms with Crippen molar-refractivity contribution in [3.63, 3.8) is 0 Å². The molecular formula is C10H17NO5. The normalized spacial score (nSPS) is 13.7. The van der Waals surface area contributed by atoms with E-state index < -0.39 is 18.0 Å². The van der Waals surface area contributed by atoms with Crippen LogP contribution in [-0.4, -0.2) is 36.1 Å². The molecule has 0 aromatic rings. The maximum atomic E-state index is 11.4. The lowest BCUT2D eigenvalue weighted by Gasteiger charge is -2.13. The SMILES string of the molecule is COC(=O)[C@H](C)NC(=O)CC(C)CC(=O)O. The molecule has 0 heterocycles. The van der Waals surface area contributed by atoms with E-state index in [4.69, 9.17) is 5.11 Å². The van der Waals surface area contributed by atoms with Crippen LogP contribution < -0.4 is 5.32 Å². The molecule has 0 aliphatic carbocycles. The third-order valence-corrected chi connectivity index (χ3v) is 1.99. The van der Waals surface area contributed by atoms with Gasteiger partial charge in [-0.25, -0.2) is 4.79 Å². The molecule has 0 saturated heterocycles. The van der Waals surface area contributed by atoms with Crippen LogP contribution in [0.3, 0.4) is 0 Å². The largest absolute Gasteiger partial charge is 0.481 e. The van der Waals surface area contributed by atoms with Crippen LogP contribution in [0.5, 0.6) is 0 Å². The molecule has 0 aromatic carbocycles. The fourth-order valence-electron chi connectivity index (χ4n) is 1.22. The second kappa shape index (κ2) is 6.81. The minimum atomic E-state index is -0.943. The minimum absolute atomic E-state index is 0.0694. The number of hydrogen-bond donors (Lipinski definition) is 2. The van der Waals surface area contributed by atoms with Crippen molar-refractivity contribution in [2.75, 3.05) is 7.11 Å². The Morgan fingerprint density at radius 2 is 1.81 bits per heavy atom. The van der Waals surface area contributed by atoms with Crippen LogP contribution >= 0.6 is 0 Å². The van der Waals surface area contributed by atoms with Gasteiger partial charge in [-0.2, -0.15) is 0 Å². The summed E-state index contributed by atoms with van der Waals surface area (Å²) in [5, 5.41) is 10.9. The number of hydrogen-bond acceptors (Lipinski definition) is 4. The van der Waals surface area contributed by atoms with Gasteiger partial charge in [-0.05, 0) is 12.8 Å². The van der Waals surface area contributed by atoms with Gasteiger partial charge in [0.05, 0.1) is 7.11 Å². The molecule has 0 saturated carbocycles. The maximum Gasteiger partial charge on any atom is 0.328 e. The number of rotatable bonds is 6. The van der Waals surface area contributed by atoms with Gasteiger partial charge in [-0.15, -0.1) is 0 Å². The summed E-state index contributed by atoms with van der Waals surface area (Å²) in [5.41, 5.74) is 0. The zero-order valence-electron chi connectivity index (χ0n) is 9.65. The number of amides is 1. The highest BCUT2D eigenvalue weighted by molar-refractivity contribution is 5.84. The number of carbonyl (C=O) groups excluding carboxylic acids is 2. The van der Waals surface area contributed by atoms with E-state index in [2.05, 4.69) is 10.1 Å². The van der Waals surface area contributed by atoms with Crippen LogP contribution in [0.1, 0.15) is 26.7 Å². The van der Waals surface area contributed by atoms with Gasteiger partial charge in [0.2, 0.25) is 5.91 Å². The average molecular weight is 231 g/mol. The third kappa shape index (κ3) is 6.00. The average Bonchev–Trinajstić information content (AvgIpc) is 2.14. The number of carboxylic acids is 1. The van der Waals surface area contributed by atoms with Gasteiger partial charge < -0.3 is 15.2 Å². The number of nitrogens with one attached hydrogen (secondary N) is 1. The summed E-state index contributed by atoms with van der Waals surface area (Å²) in [5.74, 6) is -2.09. The molecule has 2 atom stereocenters. The standard InChI is InChI=1S/C10H17NO5/c1-6(5-9(13)14)4-8(12)11-7(2)10(15)16-3/h6-7H,4-5H2,1-3H3,(H,11,12)(H,13,14)/t6?,7-/m0/s1. The lowest BCUT2D eigenvalue weighted by molar-refractivity contribution is -0.145. The molecule has 1 unspecified atom stereocenters. The highest BCUT2D eigenvalue weighted by Gasteiger charge is 2.18. The summed E-state index contributed by atoms with van der Waals surface area (Å²) in [6.45, 7) is 3.17. The van der Waals surface area contributed by atoms with E-state index in [1.54, 1.807) is 6.92 Å². The van der Waals surface area contributed by atoms with E-state index in [0.717, 1.165) is 0 Å². The van der Waals surface area contributed by atoms with Crippen LogP contribution in [0.4, 0.5) is 0 Å². The molecule has 2 N–H and O–H groups in total. The molecule has 6 heteroatoms. The van der Waals surface area contributed by atoms with Gasteiger partial charge in [0, 0.05) is 12.8 Å². The Bertz CT molecular complexity index is 276. The fourth-order valence-corrected chi connectivity index (χ4v) is 1.22. The lowest BCUT2D eigenvalue weighted by Crippen LogP contribution is -2.39. The quantitative estimate of drug-likeness (QED) is 0.635. The summed E-state index contributed by atoms with van der Waals surface area (Å²) in [6, 6.07) is -0.713. The number of aliphatic carboxylic acids is 1. The lowest BCUT2D eigenvalue weighted by atomic mass is 10.0. The first-order valence-corrected chi connectivity index (χ1v) is 4.95. The molecule has 0 bridgehead atoms. The van der Waals surface area contributed by atoms with E-state index in [-0.39, 0.29) is 24.7 Å². The van der Waals surface area contributed by atoms with Crippen molar-refractivity contribution in [2.24, 2.45) is 5.92 Å². The van der Waals surface area contributed by atoms with Crippen LogP contribution in [0, 0.1) is 5.92 Å². The van der Waals surface area contributed by atoms with Crippen LogP contribution in [0.2, 0.25) is 0 Å². The first kappa shape index (κ1) is 14.4. The molecule has 92 valence electrons. The van der Waals surface area contributed by atoms with E-state index in [1.807, 2.05) is 0 Å². The van der Waals surface area contributed by atoms with Gasteiger partial charge in [-0.1, -0.05) is 6.92 Å². The van der Waals surface area contributed by atoms with Crippen LogP contribution in [0.15, 0.2) is 0 Å². The van der Waals surface area contributed by atoms with Crippen molar-refractivity contribution in [2.45, 2.75) is 32.7 Å². The zero-order valence-corrected chi connectivity index (χ0v) is 9.65. The Kier molecular flexibility index (Phi) is 6.14. The second-order valence-corrected chi connectivity index (χ2v) is 3.72. The highest BCUT2D eigenvalue weighted by Crippen LogP contribution is 2.07. The number of esters is 1. The van der Waals surface area contributed by atoms with E-state index >= 15 is 0 Å². The Morgan fingerprint density at radius 3 is 2.25 bits per heavy atom. The van der Waals surface area contributed by atoms with E-state index in [0.29, 0.717) is 0 Å². The molecule has 0 fully saturated rings. The summed E-state index contributed by atoms with van der Waals surface area (Å²) < 4.78 is 4.43. The molecule has 0 rings (SSSR count). The van der Waals surface area contributed by atoms with Crippen molar-refractivity contribution < 1.29 is 24.2 Å². The Morgan fingerprint density at radius 1 is 1.25 bits per heavy atom. The monoisotopic (exact) mass is 231 g/mol. The number of carboxylic acid groups (broad SMARTS) is 1. The van der Waals surface area contributed by atoms with Crippen molar-refractivity contribution in [1.29, 1.82) is 0 Å². The number of carbonyl (C=O) groups is 3. The molecule has 0 aliphatic heterocycles. The summed E-state index contributed by atoms with van der Waals surface area (Å²) in [6.07, 6.45) is 0.00760. The molecular weight excluding hydrogens is 214 g/mol. The first-order chi connectivity index (χ1) is 7.36. The summed E-state index contributed by atoms with van der Waals surface area (Å²) in [4.78, 5) is 32.7. The van der Waals surface area contributed by atoms with Crippen molar-refractivity contribution in [3.05, 3.63) is 0 Å². The molecule has 0 aromatic heterocycles. The fraction of sp³-hybridized carbons (Fsp3) is 0.700. The molecule has 0 spiro atoms. The van der Waals surface area contributed by atoms with Gasteiger partial charge in [0.1, 0.15) is 6.04 Å². The number of ether oxygens (including phenoxy) is 1. The van der Waals surface area contributed by atoms with Crippen molar-refractivity contribution in [3.8, 4) is 0 Å². The van der Waals surface area contributed by atoms with Crippen LogP contribution in [-0.2, 0) is 19.1 Å². The van der Waals surface area contributed by atoms with E-state index in [1.165, 1.54) is 14.0 Å². The summed E-state index contributed by atoms with van der Waals surface area (Å²) >= 11 is 0. The van der Waals surface area contributed by atoms with Gasteiger partial charge in [0.15, 0.2) is 0 Å². The van der Waals surface area contributed by atoms with Gasteiger partial charge in [0.25, 0.3) is 0 Å². The maximum absolute atomic E-state index is 11.4. The Balaban J connectivity index is 3.98. The molecule has 0 aliphatic rings. The first-order valence-electron chi connectivity index (χ1n) is 4.95. The Hall–Kier alpha value is -1.59. The predicted octanol–water partition coefficient (Wildman–Crippen LogP) is 0.165. The topological polar surface area (TPSA) is 92.7 Å². The molecule has 16 heavy (non-hydrogen) atoms. The number of methoxy groups -OCH3 is 1. The van der Waals surface area contributed by atoms with Crippen molar-refractivity contribution >= 4 is 17.8 Å². The highest BCUT2D eigenvalue weighted by atomic mass is 16.5. The smallest absolute Gasteiger partial charge is 0.328 e. The van der Waals surface area contributed by atoms with Crippen molar-refractivity contribution in [1.82, 2.24) is 5.32 Å². The zero-order chi connectivity index (χ0) is 12.7. The van der Waals surface area contributed by atoms with E-state index in [9.17, 15) is 14.4 Å². The van der Waals surface area contributed by atoms with Gasteiger partial charge in [-0.3, -0.25) is 9.59 Å². The van der Waals surface area contributed by atoms with Crippen LogP contribution in [0.25, 0.3) is 0 Å². The molecule has 1 amide bonds. The molecule has 0 radical (unpaired) electrons. The third-order valence-electron chi connectivity index (χ3n) is 1.99. The second-order valence-electron chi connectivity index (χ2n) is 3.72. The summed E-state index contributed by atoms with van der Waals surface area (Å²) in [7, 11) is 1.23. The molecule has 6 nitrogen and oxygen atoms in total. The van der Waals surface area contributed by atoms with Gasteiger partial charge >= 0.3 is 11.9 Å². The Labute approximate surface area is 94.0 Å². The predicted molar refractivity (Wildman–Crippen MR) is 55.7 cm³/mol. The minimum Gasteiger partial charge on any atom is -0.481 e.